The summed E-state index contributed by atoms with van der Waals surface area (Å²) in [6, 6.07) is 55.2. The molecular formula is C97H102N24O8. The van der Waals surface area contributed by atoms with Crippen molar-refractivity contribution in [2.45, 2.75) is 130 Å². The fraction of sp³-hybridized carbons (Fsp3) is 0.309. The van der Waals surface area contributed by atoms with Gasteiger partial charge < -0.3 is 25.5 Å². The first-order chi connectivity index (χ1) is 62.5. The number of morpholine rings is 1. The highest BCUT2D eigenvalue weighted by Crippen LogP contribution is 2.32. The van der Waals surface area contributed by atoms with Gasteiger partial charge in [0.15, 0.2) is 28.2 Å². The van der Waals surface area contributed by atoms with Crippen LogP contribution in [0.3, 0.4) is 0 Å². The van der Waals surface area contributed by atoms with Crippen LogP contribution in [0.15, 0.2) is 194 Å². The molecule has 0 radical (unpaired) electrons. The van der Waals surface area contributed by atoms with Crippen molar-refractivity contribution in [3.8, 4) is 86.6 Å². The second-order valence-electron chi connectivity index (χ2n) is 32.0. The number of Topliss-reactive ketones (excluding diaryl/α,β-unsaturated/α-hetero) is 1. The number of hydrogen-bond donors (Lipinski definition) is 7. The summed E-state index contributed by atoms with van der Waals surface area (Å²) in [6.45, 7) is 17.5. The number of aromatic nitrogens is 15. The summed E-state index contributed by atoms with van der Waals surface area (Å²) in [4.78, 5) is 114. The zero-order valence-corrected chi connectivity index (χ0v) is 73.4. The summed E-state index contributed by atoms with van der Waals surface area (Å²) >= 11 is 0. The van der Waals surface area contributed by atoms with Crippen LogP contribution in [0.5, 0.6) is 0 Å². The van der Waals surface area contributed by atoms with Crippen LogP contribution in [0.1, 0.15) is 165 Å². The molecular weight excluding hydrogens is 1630 g/mol. The van der Waals surface area contributed by atoms with Crippen molar-refractivity contribution in [1.29, 1.82) is 26.3 Å². The second kappa shape index (κ2) is 44.0. The lowest BCUT2D eigenvalue weighted by molar-refractivity contribution is -0.119. The van der Waals surface area contributed by atoms with Crippen LogP contribution in [0.4, 0.5) is 0 Å². The molecule has 16 rings (SSSR count). The maximum absolute atomic E-state index is 13.1. The third-order valence-corrected chi connectivity index (χ3v) is 21.9. The number of ketones is 1. The first-order valence-corrected chi connectivity index (χ1v) is 42.9. The van der Waals surface area contributed by atoms with Gasteiger partial charge in [0, 0.05) is 133 Å². The number of rotatable bonds is 27. The highest BCUT2D eigenvalue weighted by atomic mass is 16.5. The lowest BCUT2D eigenvalue weighted by Gasteiger charge is -2.26. The van der Waals surface area contributed by atoms with Crippen LogP contribution in [-0.2, 0) is 46.4 Å². The van der Waals surface area contributed by atoms with Gasteiger partial charge in [-0.15, -0.1) is 0 Å². The standard InChI is InChI=1S/C22H25N5O2.C20H23N5O.C20H20N4O2.C18H17N5O2.C17H17N5O/c1-15(2)19-20(25-21-18(13-23)14-24-27(21)22(19)28)17-5-3-4-16(12-17)6-7-26-8-10-29-11-9-26;1-13(2)17-18(15-7-5-6-14(10-15)8-9-24(3)4)23-19-16(11-21)12-22-25(19)20(17)26;1-14(25)8-4-2-7-11-17-18(15-9-5-3-6-10-15)23-19-16(12-21)13-22-24(19)20(17)26;1-12(24)20-9-5-8-15-16(13-6-3-2-4-7-13)22-17-14(10-19)11-21-23(17)18(15)25;18-9-5-4-8-14-15(12-6-2-1-3-7-12)21-16-13(10-19)11-20-22(16)17(14)23/h3-5,12,14-15,24H,6-11H2,1-2H3;5-7,10,12-13,22H,8-9H2,1-4H3;3,5-6,9-10,13,22H,2,4,7-8,11H2,1H3;2-4,6-7,11,21H,5,8-9H2,1H3,(H,20,24);1-3,6-7,11,20H,4-5,8-9,18H2. The van der Waals surface area contributed by atoms with Crippen molar-refractivity contribution < 1.29 is 14.3 Å². The molecule has 1 aliphatic rings. The van der Waals surface area contributed by atoms with Crippen molar-refractivity contribution in [1.82, 2.24) is 88.1 Å². The SMILES string of the molecule is CC(=O)CCCCCc1c(-c2ccccc2)nc2c(C#N)c[nH]n2c1=O.CC(=O)NCCCc1c(-c2ccccc2)nc2c(C#N)c[nH]n2c1=O.CC(C)c1c(-c2cccc(CCN(C)C)c2)nc2c(C#N)c[nH]n2c1=O.CC(C)c1c(-c2cccc(CCN3CCOCC3)c2)nc2c(C#N)c[nH]n2c1=O.N#Cc1c[nH]n2c(=O)c(CCCCN)c(-c3ccccc3)nc12. The van der Waals surface area contributed by atoms with Crippen LogP contribution in [0.2, 0.25) is 0 Å². The molecule has 0 atom stereocenters. The zero-order valence-electron chi connectivity index (χ0n) is 73.4. The number of hydrogen-bond acceptors (Lipinski definition) is 21. The van der Waals surface area contributed by atoms with Gasteiger partial charge in [-0.25, -0.2) is 47.5 Å². The Kier molecular flexibility index (Phi) is 31.6. The number of aromatic amines is 5. The van der Waals surface area contributed by atoms with Gasteiger partial charge in [0.2, 0.25) is 5.91 Å². The molecule has 658 valence electrons. The van der Waals surface area contributed by atoms with Crippen LogP contribution in [-0.4, -0.2) is 161 Å². The molecule has 1 saturated heterocycles. The van der Waals surface area contributed by atoms with Gasteiger partial charge in [-0.3, -0.25) is 59.2 Å². The third-order valence-electron chi connectivity index (χ3n) is 21.9. The van der Waals surface area contributed by atoms with E-state index in [1.807, 2.05) is 163 Å². The molecule has 5 aromatic carbocycles. The first kappa shape index (κ1) is 92.8. The van der Waals surface area contributed by atoms with Crippen molar-refractivity contribution >= 4 is 39.9 Å². The average Bonchev–Trinajstić information content (AvgIpc) is 1.70. The maximum atomic E-state index is 13.1. The van der Waals surface area contributed by atoms with E-state index in [4.69, 9.17) is 20.4 Å². The highest BCUT2D eigenvalue weighted by Gasteiger charge is 2.26. The van der Waals surface area contributed by atoms with Crippen LogP contribution in [0, 0.1) is 56.7 Å². The summed E-state index contributed by atoms with van der Waals surface area (Å²) in [5, 5.41) is 63.1. The van der Waals surface area contributed by atoms with Gasteiger partial charge in [0.1, 0.15) is 63.9 Å². The number of fused-ring (bicyclic) bond motifs is 5. The van der Waals surface area contributed by atoms with Crippen LogP contribution < -0.4 is 38.8 Å². The Bertz CT molecular complexity index is 7060. The molecule has 8 N–H and O–H groups in total. The molecule has 129 heavy (non-hydrogen) atoms. The number of carbonyl (C=O) groups excluding carboxylic acids is 2. The third kappa shape index (κ3) is 22.1. The molecule has 10 aromatic heterocycles. The average molecular weight is 1730 g/mol. The molecule has 11 heterocycles. The van der Waals surface area contributed by atoms with E-state index >= 15 is 0 Å². The molecule has 0 saturated carbocycles. The maximum Gasteiger partial charge on any atom is 0.276 e. The molecule has 1 amide bonds. The van der Waals surface area contributed by atoms with Gasteiger partial charge in [0.05, 0.1) is 41.7 Å². The molecule has 32 heteroatoms. The number of nitrogens with one attached hydrogen (secondary N) is 6. The summed E-state index contributed by atoms with van der Waals surface area (Å²) < 4.78 is 12.1. The first-order valence-electron chi connectivity index (χ1n) is 42.9. The molecule has 32 nitrogen and oxygen atoms in total. The minimum Gasteiger partial charge on any atom is -0.379 e. The van der Waals surface area contributed by atoms with E-state index in [1.54, 1.807) is 6.92 Å². The number of benzene rings is 5. The Hall–Kier alpha value is -15.4. The van der Waals surface area contributed by atoms with E-state index in [2.05, 4.69) is 104 Å². The molecule has 0 aliphatic carbocycles. The molecule has 15 aromatic rings. The number of nitrogens with two attached hydrogens (primary N) is 1. The van der Waals surface area contributed by atoms with Gasteiger partial charge >= 0.3 is 0 Å². The van der Waals surface area contributed by atoms with Crippen molar-refractivity contribution in [3.05, 3.63) is 289 Å². The van der Waals surface area contributed by atoms with Crippen LogP contribution in [0.25, 0.3) is 84.5 Å². The number of nitriles is 5. The molecule has 1 fully saturated rings. The quantitative estimate of drug-likeness (QED) is 0.0235. The number of amides is 1. The Morgan fingerprint density at radius 2 is 0.775 bits per heavy atom. The predicted molar refractivity (Wildman–Crippen MR) is 493 cm³/mol. The fourth-order valence-corrected chi connectivity index (χ4v) is 15.3. The number of nitrogens with zero attached hydrogens (tertiary/aromatic N) is 17. The molecule has 1 aliphatic heterocycles. The van der Waals surface area contributed by atoms with Gasteiger partial charge in [-0.05, 0) is 127 Å². The Morgan fingerprint density at radius 1 is 0.434 bits per heavy atom. The molecule has 0 bridgehead atoms. The van der Waals surface area contributed by atoms with Crippen molar-refractivity contribution in [2.75, 3.05) is 66.6 Å². The van der Waals surface area contributed by atoms with Crippen molar-refractivity contribution in [2.24, 2.45) is 5.73 Å². The summed E-state index contributed by atoms with van der Waals surface area (Å²) in [6.07, 6.45) is 16.4. The smallest absolute Gasteiger partial charge is 0.276 e. The van der Waals surface area contributed by atoms with Gasteiger partial charge in [-0.2, -0.15) is 26.3 Å². The minimum atomic E-state index is -0.229. The number of ether oxygens (including phenoxy) is 1. The van der Waals surface area contributed by atoms with E-state index in [1.165, 1.54) is 71.6 Å². The lowest BCUT2D eigenvalue weighted by atomic mass is 9.96. The zero-order chi connectivity index (χ0) is 91.8. The fourth-order valence-electron chi connectivity index (χ4n) is 15.3. The van der Waals surface area contributed by atoms with Crippen molar-refractivity contribution in [3.63, 3.8) is 0 Å². The van der Waals surface area contributed by atoms with E-state index in [0.717, 1.165) is 112 Å². The second-order valence-corrected chi connectivity index (χ2v) is 32.0. The number of carbonyl (C=O) groups is 2. The van der Waals surface area contributed by atoms with E-state index in [0.29, 0.717) is 158 Å². The lowest BCUT2D eigenvalue weighted by Crippen LogP contribution is -2.37. The van der Waals surface area contributed by atoms with Gasteiger partial charge in [-0.1, -0.05) is 162 Å². The monoisotopic (exact) mass is 1730 g/mol. The Labute approximate surface area is 743 Å². The Balaban J connectivity index is 0.000000146. The normalized spacial score (nSPS) is 11.8. The molecule has 0 unspecified atom stereocenters. The van der Waals surface area contributed by atoms with Crippen LogP contribution >= 0.6 is 0 Å². The number of H-pyrrole nitrogens is 5. The molecule has 0 spiro atoms. The predicted octanol–water partition coefficient (Wildman–Crippen LogP) is 12.1. The summed E-state index contributed by atoms with van der Waals surface area (Å²) in [5.41, 5.74) is 21.3. The number of likely N-dealkylation sites (N-methyl/N-ethyl adjacent to an activating group) is 1. The van der Waals surface area contributed by atoms with E-state index in [-0.39, 0.29) is 51.3 Å². The minimum absolute atomic E-state index is 0.00717. The number of unbranched alkanes of at least 4 members (excludes halogenated alkanes) is 3. The van der Waals surface area contributed by atoms with E-state index < -0.39 is 0 Å². The Morgan fingerprint density at radius 3 is 1.12 bits per heavy atom. The summed E-state index contributed by atoms with van der Waals surface area (Å²) in [7, 11) is 4.10. The summed E-state index contributed by atoms with van der Waals surface area (Å²) in [5.74, 6) is 0.110. The topological polar surface area (TPSA) is 458 Å². The highest BCUT2D eigenvalue weighted by molar-refractivity contribution is 5.76. The van der Waals surface area contributed by atoms with E-state index in [9.17, 15) is 59.9 Å². The largest absolute Gasteiger partial charge is 0.379 e. The van der Waals surface area contributed by atoms with Gasteiger partial charge in [0.25, 0.3) is 27.8 Å².